The SMILES string of the molecule is [O-][S+](Nc1nccs1)c1ccc2c(c1)CCCN2. The molecular formula is C12H13N3OS2. The first kappa shape index (κ1) is 11.8. The van der Waals surface area contributed by atoms with Crippen LogP contribution in [0, 0.1) is 0 Å². The maximum absolute atomic E-state index is 12.1. The lowest BCUT2D eigenvalue weighted by Crippen LogP contribution is -2.16. The van der Waals surface area contributed by atoms with Crippen molar-refractivity contribution in [2.45, 2.75) is 17.7 Å². The van der Waals surface area contributed by atoms with E-state index in [1.54, 1.807) is 6.20 Å². The summed E-state index contributed by atoms with van der Waals surface area (Å²) in [4.78, 5) is 4.87. The lowest BCUT2D eigenvalue weighted by molar-refractivity contribution is 0.600. The number of rotatable bonds is 3. The van der Waals surface area contributed by atoms with Gasteiger partial charge in [0.1, 0.15) is 11.4 Å². The minimum Gasteiger partial charge on any atom is -0.588 e. The molecule has 1 aliphatic rings. The monoisotopic (exact) mass is 279 g/mol. The molecule has 2 heterocycles. The number of nitrogens with one attached hydrogen (secondary N) is 2. The van der Waals surface area contributed by atoms with Gasteiger partial charge in [-0.15, -0.1) is 11.3 Å². The Morgan fingerprint density at radius 2 is 2.39 bits per heavy atom. The van der Waals surface area contributed by atoms with Gasteiger partial charge in [0, 0.05) is 29.9 Å². The van der Waals surface area contributed by atoms with Gasteiger partial charge in [0.2, 0.25) is 5.13 Å². The number of aryl methyl sites for hydroxylation is 1. The fraction of sp³-hybridized carbons (Fsp3) is 0.250. The van der Waals surface area contributed by atoms with Gasteiger partial charge in [-0.3, -0.25) is 0 Å². The van der Waals surface area contributed by atoms with Crippen molar-refractivity contribution in [3.05, 3.63) is 35.3 Å². The van der Waals surface area contributed by atoms with Gasteiger partial charge in [0.05, 0.1) is 0 Å². The number of hydrogen-bond donors (Lipinski definition) is 2. The molecule has 0 aliphatic carbocycles. The van der Waals surface area contributed by atoms with Crippen molar-refractivity contribution in [2.24, 2.45) is 0 Å². The van der Waals surface area contributed by atoms with Crippen LogP contribution < -0.4 is 10.0 Å². The van der Waals surface area contributed by atoms with Gasteiger partial charge >= 0.3 is 0 Å². The topological polar surface area (TPSA) is 60.0 Å². The summed E-state index contributed by atoms with van der Waals surface area (Å²) in [5.74, 6) is 0. The van der Waals surface area contributed by atoms with Crippen LogP contribution in [0.4, 0.5) is 10.8 Å². The van der Waals surface area contributed by atoms with E-state index in [9.17, 15) is 4.55 Å². The highest BCUT2D eigenvalue weighted by Gasteiger charge is 2.17. The zero-order valence-electron chi connectivity index (χ0n) is 9.68. The van der Waals surface area contributed by atoms with Crippen molar-refractivity contribution in [1.82, 2.24) is 4.98 Å². The number of anilines is 2. The van der Waals surface area contributed by atoms with E-state index in [1.165, 1.54) is 16.9 Å². The van der Waals surface area contributed by atoms with E-state index in [4.69, 9.17) is 0 Å². The summed E-state index contributed by atoms with van der Waals surface area (Å²) in [5.41, 5.74) is 2.41. The molecule has 94 valence electrons. The first-order valence-electron chi connectivity index (χ1n) is 5.78. The summed E-state index contributed by atoms with van der Waals surface area (Å²) >= 11 is 0.206. The summed E-state index contributed by atoms with van der Waals surface area (Å²) in [5, 5.41) is 5.89. The highest BCUT2D eigenvalue weighted by Crippen LogP contribution is 2.26. The predicted octanol–water partition coefficient (Wildman–Crippen LogP) is 2.64. The van der Waals surface area contributed by atoms with E-state index in [1.807, 2.05) is 23.6 Å². The van der Waals surface area contributed by atoms with Crippen molar-refractivity contribution >= 4 is 33.5 Å². The minimum atomic E-state index is -1.24. The molecule has 1 aromatic heterocycles. The second-order valence-electron chi connectivity index (χ2n) is 4.06. The molecule has 0 spiro atoms. The highest BCUT2D eigenvalue weighted by atomic mass is 32.2. The highest BCUT2D eigenvalue weighted by molar-refractivity contribution is 7.93. The Labute approximate surface area is 113 Å². The van der Waals surface area contributed by atoms with Crippen LogP contribution >= 0.6 is 11.3 Å². The van der Waals surface area contributed by atoms with Crippen molar-refractivity contribution < 1.29 is 4.55 Å². The molecule has 0 amide bonds. The lowest BCUT2D eigenvalue weighted by atomic mass is 10.0. The molecule has 3 rings (SSSR count). The molecule has 1 aromatic carbocycles. The van der Waals surface area contributed by atoms with E-state index < -0.39 is 11.4 Å². The molecule has 2 aromatic rings. The van der Waals surface area contributed by atoms with E-state index >= 15 is 0 Å². The summed E-state index contributed by atoms with van der Waals surface area (Å²) < 4.78 is 15.0. The van der Waals surface area contributed by atoms with E-state index in [2.05, 4.69) is 15.0 Å². The molecule has 0 saturated carbocycles. The van der Waals surface area contributed by atoms with E-state index in [-0.39, 0.29) is 0 Å². The largest absolute Gasteiger partial charge is 0.588 e. The van der Waals surface area contributed by atoms with Gasteiger partial charge in [-0.25, -0.2) is 4.98 Å². The van der Waals surface area contributed by atoms with Gasteiger partial charge in [-0.2, -0.15) is 4.72 Å². The third-order valence-corrected chi connectivity index (χ3v) is 4.72. The maximum atomic E-state index is 12.1. The van der Waals surface area contributed by atoms with Crippen LogP contribution in [0.25, 0.3) is 0 Å². The fourth-order valence-electron chi connectivity index (χ4n) is 1.98. The molecule has 0 bridgehead atoms. The van der Waals surface area contributed by atoms with E-state index in [0.717, 1.165) is 30.0 Å². The average Bonchev–Trinajstić information content (AvgIpc) is 2.91. The molecule has 18 heavy (non-hydrogen) atoms. The van der Waals surface area contributed by atoms with Crippen LogP contribution in [0.1, 0.15) is 12.0 Å². The summed E-state index contributed by atoms with van der Waals surface area (Å²) in [7, 11) is 0. The molecular weight excluding hydrogens is 266 g/mol. The summed E-state index contributed by atoms with van der Waals surface area (Å²) in [6.07, 6.45) is 3.87. The van der Waals surface area contributed by atoms with Crippen molar-refractivity contribution in [3.63, 3.8) is 0 Å². The van der Waals surface area contributed by atoms with Gasteiger partial charge < -0.3 is 9.87 Å². The van der Waals surface area contributed by atoms with Crippen molar-refractivity contribution in [3.8, 4) is 0 Å². The molecule has 2 N–H and O–H groups in total. The summed E-state index contributed by atoms with van der Waals surface area (Å²) in [6.45, 7) is 1.02. The molecule has 0 radical (unpaired) electrons. The molecule has 0 saturated heterocycles. The first-order chi connectivity index (χ1) is 8.83. The number of thiazole rings is 1. The second kappa shape index (κ2) is 5.17. The molecule has 1 atom stereocenters. The minimum absolute atomic E-state index is 0.684. The first-order valence-corrected chi connectivity index (χ1v) is 7.80. The van der Waals surface area contributed by atoms with Gasteiger partial charge in [-0.05, 0) is 30.5 Å². The normalized spacial score (nSPS) is 15.6. The third kappa shape index (κ3) is 2.45. The van der Waals surface area contributed by atoms with Crippen LogP contribution in [0.2, 0.25) is 0 Å². The Morgan fingerprint density at radius 1 is 1.44 bits per heavy atom. The Balaban J connectivity index is 1.79. The van der Waals surface area contributed by atoms with E-state index in [0.29, 0.717) is 5.13 Å². The zero-order chi connectivity index (χ0) is 12.4. The van der Waals surface area contributed by atoms with Crippen molar-refractivity contribution in [2.75, 3.05) is 16.6 Å². The smallest absolute Gasteiger partial charge is 0.226 e. The Bertz CT molecular complexity index is 530. The number of aromatic nitrogens is 1. The van der Waals surface area contributed by atoms with Gasteiger partial charge in [-0.1, -0.05) is 0 Å². The van der Waals surface area contributed by atoms with Crippen LogP contribution in [0.15, 0.2) is 34.7 Å². The number of fused-ring (bicyclic) bond motifs is 1. The molecule has 1 aliphatic heterocycles. The standard InChI is InChI=1S/C12H13N3OS2/c16-18(15-12-14-6-7-17-12)10-3-4-11-9(8-10)2-1-5-13-11/h3-4,6-8,13H,1-2,5H2,(H,14,15). The third-order valence-electron chi connectivity index (χ3n) is 2.84. The van der Waals surface area contributed by atoms with Crippen LogP contribution in [-0.2, 0) is 17.8 Å². The average molecular weight is 279 g/mol. The number of nitrogens with zero attached hydrogens (tertiary/aromatic N) is 1. The number of benzene rings is 1. The Kier molecular flexibility index (Phi) is 3.40. The lowest BCUT2D eigenvalue weighted by Gasteiger charge is -2.18. The van der Waals surface area contributed by atoms with Gasteiger partial charge in [0.15, 0.2) is 4.90 Å². The molecule has 4 nitrogen and oxygen atoms in total. The molecule has 0 fully saturated rings. The molecule has 6 heteroatoms. The predicted molar refractivity (Wildman–Crippen MR) is 75.4 cm³/mol. The number of hydrogen-bond acceptors (Lipinski definition) is 5. The Morgan fingerprint density at radius 3 is 3.22 bits per heavy atom. The Hall–Kier alpha value is -1.24. The van der Waals surface area contributed by atoms with Crippen LogP contribution in [-0.4, -0.2) is 16.1 Å². The van der Waals surface area contributed by atoms with Crippen LogP contribution in [0.3, 0.4) is 0 Å². The van der Waals surface area contributed by atoms with Crippen molar-refractivity contribution in [1.29, 1.82) is 0 Å². The van der Waals surface area contributed by atoms with Crippen LogP contribution in [0.5, 0.6) is 0 Å². The zero-order valence-corrected chi connectivity index (χ0v) is 11.3. The summed E-state index contributed by atoms with van der Waals surface area (Å²) in [6, 6.07) is 5.91. The second-order valence-corrected chi connectivity index (χ2v) is 6.16. The quantitative estimate of drug-likeness (QED) is 0.848. The fourth-order valence-corrected chi connectivity index (χ4v) is 3.54. The maximum Gasteiger partial charge on any atom is 0.226 e. The molecule has 1 unspecified atom stereocenters. The van der Waals surface area contributed by atoms with Gasteiger partial charge in [0.25, 0.3) is 0 Å².